The number of aromatic nitrogens is 1. The zero-order valence-corrected chi connectivity index (χ0v) is 44.6. The van der Waals surface area contributed by atoms with Crippen LogP contribution in [0, 0.1) is 10.8 Å². The van der Waals surface area contributed by atoms with E-state index in [2.05, 4.69) is 141 Å². The highest BCUT2D eigenvalue weighted by molar-refractivity contribution is 6.11. The van der Waals surface area contributed by atoms with Gasteiger partial charge in [0.05, 0.1) is 56.8 Å². The molecule has 2 aliphatic heterocycles. The van der Waals surface area contributed by atoms with Crippen molar-refractivity contribution < 1.29 is 18.9 Å². The van der Waals surface area contributed by atoms with Crippen LogP contribution in [-0.4, -0.2) is 43.7 Å². The van der Waals surface area contributed by atoms with Crippen LogP contribution in [0.4, 0.5) is 0 Å². The van der Waals surface area contributed by atoms with E-state index in [1.807, 2.05) is 0 Å². The van der Waals surface area contributed by atoms with Crippen LogP contribution in [0.3, 0.4) is 0 Å². The molecule has 0 radical (unpaired) electrons. The summed E-state index contributed by atoms with van der Waals surface area (Å²) in [6, 6.07) is 41.7. The van der Waals surface area contributed by atoms with Gasteiger partial charge < -0.3 is 23.5 Å². The summed E-state index contributed by atoms with van der Waals surface area (Å²) in [7, 11) is 0. The highest BCUT2D eigenvalue weighted by atomic mass is 16.5. The van der Waals surface area contributed by atoms with Crippen molar-refractivity contribution >= 4 is 21.8 Å². The molecule has 71 heavy (non-hydrogen) atoms. The summed E-state index contributed by atoms with van der Waals surface area (Å²) in [6.07, 6.45) is 28.5. The Labute approximate surface area is 429 Å². The summed E-state index contributed by atoms with van der Waals surface area (Å²) in [5, 5.41) is 2.55. The summed E-state index contributed by atoms with van der Waals surface area (Å²) in [4.78, 5) is 0. The molecule has 6 aromatic rings. The van der Waals surface area contributed by atoms with Gasteiger partial charge in [-0.2, -0.15) is 0 Å². The zero-order valence-electron chi connectivity index (χ0n) is 44.6. The Balaban J connectivity index is 0.953. The zero-order chi connectivity index (χ0) is 49.1. The van der Waals surface area contributed by atoms with E-state index in [1.165, 1.54) is 182 Å². The van der Waals surface area contributed by atoms with Gasteiger partial charge in [0.25, 0.3) is 0 Å². The maximum Gasteiger partial charge on any atom is 0.0720 e. The van der Waals surface area contributed by atoms with Crippen LogP contribution in [0.2, 0.25) is 0 Å². The first-order valence-electron chi connectivity index (χ1n) is 28.7. The average molecular weight is 960 g/mol. The Morgan fingerprint density at radius 3 is 1.52 bits per heavy atom. The van der Waals surface area contributed by atoms with Crippen LogP contribution in [-0.2, 0) is 38.6 Å². The van der Waals surface area contributed by atoms with E-state index in [0.29, 0.717) is 18.6 Å². The second-order valence-electron chi connectivity index (χ2n) is 21.9. The lowest BCUT2D eigenvalue weighted by atomic mass is 9.75. The molecule has 1 aromatic heterocycles. The summed E-state index contributed by atoms with van der Waals surface area (Å²) in [5.74, 6) is 0. The number of hydrogen-bond donors (Lipinski definition) is 0. The third-order valence-corrected chi connectivity index (χ3v) is 16.6. The molecule has 1 atom stereocenters. The number of benzene rings is 5. The molecule has 2 fully saturated rings. The largest absolute Gasteiger partial charge is 0.380 e. The van der Waals surface area contributed by atoms with Gasteiger partial charge in [0.15, 0.2) is 0 Å². The van der Waals surface area contributed by atoms with Crippen molar-refractivity contribution in [1.29, 1.82) is 0 Å². The SMILES string of the molecule is CCCCCCCCCCCCc1ccc(-n2c3ccc(-c4ccc(COCCCCCCC5(CC)COC5)cc4)cc3c3cc(-c4ccc(COC(CCCCC)C5(CC)COC5)cc4)ccc32)cc1. The first kappa shape index (κ1) is 53.0. The highest BCUT2D eigenvalue weighted by Gasteiger charge is 2.44. The molecule has 8 rings (SSSR count). The minimum Gasteiger partial charge on any atom is -0.380 e. The van der Waals surface area contributed by atoms with Crippen LogP contribution >= 0.6 is 0 Å². The van der Waals surface area contributed by atoms with Gasteiger partial charge in [0.1, 0.15) is 0 Å². The number of aryl methyl sites for hydroxylation is 1. The predicted molar refractivity (Wildman–Crippen MR) is 300 cm³/mol. The van der Waals surface area contributed by atoms with Gasteiger partial charge in [-0.25, -0.2) is 0 Å². The summed E-state index contributed by atoms with van der Waals surface area (Å²) < 4.78 is 26.6. The molecular formula is C66H89NO4. The topological polar surface area (TPSA) is 41.9 Å². The lowest BCUT2D eigenvalue weighted by Crippen LogP contribution is -2.52. The Morgan fingerprint density at radius 1 is 0.479 bits per heavy atom. The molecule has 0 amide bonds. The fourth-order valence-electron chi connectivity index (χ4n) is 11.4. The monoisotopic (exact) mass is 960 g/mol. The Hall–Kier alpha value is -4.26. The third-order valence-electron chi connectivity index (χ3n) is 16.6. The fourth-order valence-corrected chi connectivity index (χ4v) is 11.4. The van der Waals surface area contributed by atoms with Crippen molar-refractivity contribution in [2.75, 3.05) is 33.0 Å². The molecule has 0 saturated carbocycles. The number of ether oxygens (including phenoxy) is 4. The average Bonchev–Trinajstić information content (AvgIpc) is 3.70. The summed E-state index contributed by atoms with van der Waals surface area (Å²) in [5.41, 5.74) is 13.1. The van der Waals surface area contributed by atoms with Crippen molar-refractivity contribution in [2.45, 2.75) is 188 Å². The minimum atomic E-state index is 0.165. The molecular weight excluding hydrogens is 871 g/mol. The van der Waals surface area contributed by atoms with Crippen LogP contribution in [0.1, 0.15) is 179 Å². The molecule has 3 heterocycles. The van der Waals surface area contributed by atoms with Gasteiger partial charge in [-0.05, 0) is 120 Å². The maximum absolute atomic E-state index is 6.74. The van der Waals surface area contributed by atoms with Crippen molar-refractivity contribution in [3.8, 4) is 27.9 Å². The van der Waals surface area contributed by atoms with E-state index in [1.54, 1.807) is 0 Å². The molecule has 0 aliphatic carbocycles. The predicted octanol–water partition coefficient (Wildman–Crippen LogP) is 18.4. The van der Waals surface area contributed by atoms with Crippen molar-refractivity contribution in [3.05, 3.63) is 126 Å². The molecule has 0 spiro atoms. The number of nitrogens with zero attached hydrogens (tertiary/aromatic N) is 1. The molecule has 382 valence electrons. The van der Waals surface area contributed by atoms with Gasteiger partial charge in [-0.1, -0.05) is 197 Å². The number of rotatable bonds is 33. The van der Waals surface area contributed by atoms with Crippen LogP contribution in [0.25, 0.3) is 49.7 Å². The van der Waals surface area contributed by atoms with E-state index in [-0.39, 0.29) is 11.5 Å². The van der Waals surface area contributed by atoms with Crippen molar-refractivity contribution in [1.82, 2.24) is 4.57 Å². The molecule has 5 heteroatoms. The number of unbranched alkanes of at least 4 members (excludes halogenated alkanes) is 14. The smallest absolute Gasteiger partial charge is 0.0720 e. The maximum atomic E-state index is 6.74. The number of hydrogen-bond acceptors (Lipinski definition) is 4. The van der Waals surface area contributed by atoms with E-state index in [0.717, 1.165) is 58.7 Å². The Kier molecular flexibility index (Phi) is 20.3. The molecule has 0 bridgehead atoms. The van der Waals surface area contributed by atoms with Gasteiger partial charge in [0, 0.05) is 33.9 Å². The van der Waals surface area contributed by atoms with E-state index in [4.69, 9.17) is 18.9 Å². The Bertz CT molecular complexity index is 2460. The molecule has 0 N–H and O–H groups in total. The lowest BCUT2D eigenvalue weighted by molar-refractivity contribution is -0.194. The first-order valence-corrected chi connectivity index (χ1v) is 28.7. The van der Waals surface area contributed by atoms with Gasteiger partial charge in [0.2, 0.25) is 0 Å². The van der Waals surface area contributed by atoms with E-state index < -0.39 is 0 Å². The minimum absolute atomic E-state index is 0.165. The van der Waals surface area contributed by atoms with Crippen molar-refractivity contribution in [3.63, 3.8) is 0 Å². The molecule has 2 saturated heterocycles. The van der Waals surface area contributed by atoms with Crippen molar-refractivity contribution in [2.24, 2.45) is 10.8 Å². The summed E-state index contributed by atoms with van der Waals surface area (Å²) >= 11 is 0. The van der Waals surface area contributed by atoms with E-state index >= 15 is 0 Å². The highest BCUT2D eigenvalue weighted by Crippen LogP contribution is 2.41. The standard InChI is InChI=1S/C66H89NO4/c1-5-9-11-12-13-14-15-16-17-21-24-52-30-38-59(39-31-52)67-62-40-36-57(55-32-26-53(27-33-55)46-68-43-23-19-18-22-42-65(7-3)48-69-49-65)44-60(62)61-45-58(37-41-63(61)67)56-34-28-54(29-35-56)47-71-64(25-20-10-6-2)66(8-4)50-70-51-66/h26-41,44-45,64H,5-25,42-43,46-51H2,1-4H3. The quantitative estimate of drug-likeness (QED) is 0.0386. The molecule has 5 nitrogen and oxygen atoms in total. The molecule has 1 unspecified atom stereocenters. The number of fused-ring (bicyclic) bond motifs is 3. The lowest BCUT2D eigenvalue weighted by Gasteiger charge is -2.46. The van der Waals surface area contributed by atoms with Gasteiger partial charge in [-0.3, -0.25) is 0 Å². The van der Waals surface area contributed by atoms with Gasteiger partial charge >= 0.3 is 0 Å². The van der Waals surface area contributed by atoms with Crippen LogP contribution < -0.4 is 0 Å². The molecule has 5 aromatic carbocycles. The molecule has 2 aliphatic rings. The third kappa shape index (κ3) is 14.1. The van der Waals surface area contributed by atoms with Gasteiger partial charge in [-0.15, -0.1) is 0 Å². The summed E-state index contributed by atoms with van der Waals surface area (Å²) in [6.45, 7) is 14.9. The second-order valence-corrected chi connectivity index (χ2v) is 21.9. The van der Waals surface area contributed by atoms with Crippen LogP contribution in [0.15, 0.2) is 109 Å². The fraction of sp³-hybridized carbons (Fsp3) is 0.545. The normalized spacial score (nSPS) is 15.5. The van der Waals surface area contributed by atoms with E-state index in [9.17, 15) is 0 Å². The second kappa shape index (κ2) is 27.2. The first-order chi connectivity index (χ1) is 35.0. The van der Waals surface area contributed by atoms with Crippen LogP contribution in [0.5, 0.6) is 0 Å². The Morgan fingerprint density at radius 2 is 0.986 bits per heavy atom.